The molecular weight excluding hydrogens is 291 g/mol. The summed E-state index contributed by atoms with van der Waals surface area (Å²) in [5.41, 5.74) is 6.45. The Morgan fingerprint density at radius 3 is 2.27 bits per heavy atom. The number of nitro benzene ring substituents is 1. The topological polar surface area (TPSA) is 87.6 Å². The molecule has 0 aromatic heterocycles. The number of hydrogen-bond donors (Lipinski definition) is 1. The summed E-state index contributed by atoms with van der Waals surface area (Å²) >= 11 is 0. The molecular formula is C15H13FN2O4. The molecule has 2 aromatic carbocycles. The molecule has 0 amide bonds. The lowest BCUT2D eigenvalue weighted by Crippen LogP contribution is -2.28. The number of nitro groups is 1. The molecule has 1 heterocycles. The number of halogens is 1. The van der Waals surface area contributed by atoms with Crippen LogP contribution in [0.3, 0.4) is 0 Å². The summed E-state index contributed by atoms with van der Waals surface area (Å²) in [6.07, 6.45) is 0. The van der Waals surface area contributed by atoms with Crippen LogP contribution in [0.4, 0.5) is 15.8 Å². The molecule has 0 saturated carbocycles. The summed E-state index contributed by atoms with van der Waals surface area (Å²) in [6.45, 7) is 0.658. The van der Waals surface area contributed by atoms with Crippen LogP contribution >= 0.6 is 0 Å². The van der Waals surface area contributed by atoms with E-state index in [-0.39, 0.29) is 17.2 Å². The van der Waals surface area contributed by atoms with Gasteiger partial charge in [0.15, 0.2) is 0 Å². The van der Waals surface area contributed by atoms with Crippen LogP contribution in [0.15, 0.2) is 42.5 Å². The fraction of sp³-hybridized carbons (Fsp3) is 0.200. The molecule has 0 atom stereocenters. The van der Waals surface area contributed by atoms with Crippen molar-refractivity contribution in [3.8, 4) is 0 Å². The third-order valence-corrected chi connectivity index (χ3v) is 3.53. The van der Waals surface area contributed by atoms with Gasteiger partial charge in [0.1, 0.15) is 11.5 Å². The number of hydrogen-bond acceptors (Lipinski definition) is 5. The van der Waals surface area contributed by atoms with E-state index in [1.54, 1.807) is 6.07 Å². The molecule has 22 heavy (non-hydrogen) atoms. The van der Waals surface area contributed by atoms with Crippen LogP contribution in [0.5, 0.6) is 0 Å². The Morgan fingerprint density at radius 1 is 1.09 bits per heavy atom. The predicted octanol–water partition coefficient (Wildman–Crippen LogP) is 2.56. The van der Waals surface area contributed by atoms with Gasteiger partial charge >= 0.3 is 0 Å². The van der Waals surface area contributed by atoms with Crippen LogP contribution in [-0.4, -0.2) is 18.1 Å². The van der Waals surface area contributed by atoms with Crippen molar-refractivity contribution in [2.45, 2.75) is 5.79 Å². The minimum absolute atomic E-state index is 0.0565. The number of ether oxygens (including phenoxy) is 2. The van der Waals surface area contributed by atoms with Crippen molar-refractivity contribution in [2.75, 3.05) is 18.9 Å². The molecule has 2 aromatic rings. The standard InChI is InChI=1S/C15H13FN2O4/c16-12-4-1-10(2-5-12)15(21-7-8-22-15)11-3-6-13(17)14(9-11)18(19)20/h1-6,9H,7-8,17H2. The molecule has 2 N–H and O–H groups in total. The highest BCUT2D eigenvalue weighted by atomic mass is 19.1. The van der Waals surface area contributed by atoms with Crippen molar-refractivity contribution >= 4 is 11.4 Å². The van der Waals surface area contributed by atoms with Gasteiger partial charge in [-0.1, -0.05) is 18.2 Å². The Bertz CT molecular complexity index is 712. The largest absolute Gasteiger partial charge is 0.393 e. The first-order valence-corrected chi connectivity index (χ1v) is 6.61. The minimum atomic E-state index is -1.29. The van der Waals surface area contributed by atoms with Crippen molar-refractivity contribution < 1.29 is 18.8 Å². The molecule has 0 radical (unpaired) electrons. The van der Waals surface area contributed by atoms with Gasteiger partial charge in [-0.25, -0.2) is 4.39 Å². The van der Waals surface area contributed by atoms with Gasteiger partial charge in [0, 0.05) is 17.2 Å². The minimum Gasteiger partial charge on any atom is -0.393 e. The molecule has 114 valence electrons. The zero-order chi connectivity index (χ0) is 15.7. The first kappa shape index (κ1) is 14.4. The smallest absolute Gasteiger partial charge is 0.292 e. The summed E-state index contributed by atoms with van der Waals surface area (Å²) in [6, 6.07) is 10.00. The monoisotopic (exact) mass is 304 g/mol. The number of nitrogens with two attached hydrogens (primary N) is 1. The van der Waals surface area contributed by atoms with Gasteiger partial charge in [0.2, 0.25) is 5.79 Å². The van der Waals surface area contributed by atoms with Gasteiger partial charge in [-0.15, -0.1) is 0 Å². The van der Waals surface area contributed by atoms with Crippen LogP contribution in [0, 0.1) is 15.9 Å². The molecule has 1 saturated heterocycles. The lowest BCUT2D eigenvalue weighted by Gasteiger charge is -2.28. The maximum Gasteiger partial charge on any atom is 0.292 e. The molecule has 0 aliphatic carbocycles. The van der Waals surface area contributed by atoms with Crippen molar-refractivity contribution in [1.29, 1.82) is 0 Å². The van der Waals surface area contributed by atoms with Gasteiger partial charge in [-0.2, -0.15) is 0 Å². The van der Waals surface area contributed by atoms with Gasteiger partial charge < -0.3 is 15.2 Å². The molecule has 1 fully saturated rings. The van der Waals surface area contributed by atoms with E-state index in [2.05, 4.69) is 0 Å². The van der Waals surface area contributed by atoms with E-state index in [0.29, 0.717) is 24.3 Å². The zero-order valence-corrected chi connectivity index (χ0v) is 11.5. The van der Waals surface area contributed by atoms with Crippen LogP contribution < -0.4 is 5.73 Å². The summed E-state index contributed by atoms with van der Waals surface area (Å²) in [7, 11) is 0. The third kappa shape index (κ3) is 2.30. The van der Waals surface area contributed by atoms with Crippen molar-refractivity contribution in [1.82, 2.24) is 0 Å². The molecule has 7 heteroatoms. The van der Waals surface area contributed by atoms with E-state index >= 15 is 0 Å². The molecule has 0 bridgehead atoms. The SMILES string of the molecule is Nc1ccc(C2(c3ccc(F)cc3)OCCO2)cc1[N+](=O)[O-]. The molecule has 0 unspecified atom stereocenters. The lowest BCUT2D eigenvalue weighted by molar-refractivity contribution is -0.384. The van der Waals surface area contributed by atoms with E-state index in [0.717, 1.165) is 0 Å². The molecule has 3 rings (SSSR count). The zero-order valence-electron chi connectivity index (χ0n) is 11.5. The molecule has 6 nitrogen and oxygen atoms in total. The van der Waals surface area contributed by atoms with Gasteiger partial charge in [-0.3, -0.25) is 10.1 Å². The second kappa shape index (κ2) is 5.36. The van der Waals surface area contributed by atoms with Gasteiger partial charge in [-0.05, 0) is 18.2 Å². The quantitative estimate of drug-likeness (QED) is 0.535. The molecule has 0 spiro atoms. The van der Waals surface area contributed by atoms with E-state index in [9.17, 15) is 14.5 Å². The van der Waals surface area contributed by atoms with Crippen LogP contribution in [0.1, 0.15) is 11.1 Å². The average Bonchev–Trinajstić information content (AvgIpc) is 2.99. The Labute approximate surface area is 125 Å². The maximum atomic E-state index is 13.1. The fourth-order valence-electron chi connectivity index (χ4n) is 2.49. The van der Waals surface area contributed by atoms with Gasteiger partial charge in [0.05, 0.1) is 18.1 Å². The molecule has 1 aliphatic rings. The van der Waals surface area contributed by atoms with Crippen molar-refractivity contribution in [3.05, 3.63) is 69.5 Å². The normalized spacial score (nSPS) is 16.6. The van der Waals surface area contributed by atoms with Crippen molar-refractivity contribution in [3.63, 3.8) is 0 Å². The predicted molar refractivity (Wildman–Crippen MR) is 76.6 cm³/mol. The summed E-state index contributed by atoms with van der Waals surface area (Å²) in [5.74, 6) is -1.67. The average molecular weight is 304 g/mol. The first-order valence-electron chi connectivity index (χ1n) is 6.61. The lowest BCUT2D eigenvalue weighted by atomic mass is 9.96. The number of nitrogen functional groups attached to an aromatic ring is 1. The highest BCUT2D eigenvalue weighted by molar-refractivity contribution is 5.60. The Morgan fingerprint density at radius 2 is 1.68 bits per heavy atom. The Balaban J connectivity index is 2.14. The third-order valence-electron chi connectivity index (χ3n) is 3.53. The van der Waals surface area contributed by atoms with Crippen LogP contribution in [0.25, 0.3) is 0 Å². The second-order valence-corrected chi connectivity index (χ2v) is 4.85. The first-order chi connectivity index (χ1) is 10.5. The molecule has 1 aliphatic heterocycles. The van der Waals surface area contributed by atoms with Crippen molar-refractivity contribution in [2.24, 2.45) is 0 Å². The summed E-state index contributed by atoms with van der Waals surface area (Å²) < 4.78 is 24.6. The van der Waals surface area contributed by atoms with E-state index in [1.165, 1.54) is 36.4 Å². The number of benzene rings is 2. The number of rotatable bonds is 3. The van der Waals surface area contributed by atoms with Gasteiger partial charge in [0.25, 0.3) is 5.69 Å². The van der Waals surface area contributed by atoms with E-state index < -0.39 is 10.7 Å². The number of anilines is 1. The fourth-order valence-corrected chi connectivity index (χ4v) is 2.49. The number of nitrogens with zero attached hydrogens (tertiary/aromatic N) is 1. The van der Waals surface area contributed by atoms with E-state index in [4.69, 9.17) is 15.2 Å². The summed E-state index contributed by atoms with van der Waals surface area (Å²) in [5, 5.41) is 11.1. The Kier molecular flexibility index (Phi) is 3.51. The van der Waals surface area contributed by atoms with Crippen LogP contribution in [-0.2, 0) is 15.3 Å². The maximum absolute atomic E-state index is 13.1. The highest BCUT2D eigenvalue weighted by Gasteiger charge is 2.41. The highest BCUT2D eigenvalue weighted by Crippen LogP contribution is 2.40. The second-order valence-electron chi connectivity index (χ2n) is 4.85. The van der Waals surface area contributed by atoms with Crippen LogP contribution in [0.2, 0.25) is 0 Å². The Hall–Kier alpha value is -2.51. The van der Waals surface area contributed by atoms with E-state index in [1.807, 2.05) is 0 Å². The summed E-state index contributed by atoms with van der Waals surface area (Å²) in [4.78, 5) is 10.5.